The highest BCUT2D eigenvalue weighted by Crippen LogP contribution is 2.21. The number of benzene rings is 2. The van der Waals surface area contributed by atoms with Crippen molar-refractivity contribution in [3.8, 4) is 0 Å². The van der Waals surface area contributed by atoms with Crippen LogP contribution in [-0.2, 0) is 17.0 Å². The number of thioether (sulfide) groups is 1. The van der Waals surface area contributed by atoms with E-state index in [1.54, 1.807) is 11.8 Å². The number of aryl methyl sites for hydroxylation is 1. The minimum Gasteiger partial charge on any atom is -0.272 e. The summed E-state index contributed by atoms with van der Waals surface area (Å²) in [7, 11) is 0. The van der Waals surface area contributed by atoms with Gasteiger partial charge in [0.05, 0.1) is 5.75 Å². The average Bonchev–Trinajstić information content (AvgIpc) is 2.61. The van der Waals surface area contributed by atoms with E-state index in [9.17, 15) is 4.79 Å². The zero-order valence-electron chi connectivity index (χ0n) is 13.7. The lowest BCUT2D eigenvalue weighted by molar-refractivity contribution is -0.118. The first-order valence-corrected chi connectivity index (χ1v) is 9.77. The molecule has 0 fully saturated rings. The lowest BCUT2D eigenvalue weighted by atomic mass is 10.1. The zero-order valence-corrected chi connectivity index (χ0v) is 16.1. The van der Waals surface area contributed by atoms with Crippen LogP contribution >= 0.6 is 27.7 Å². The SMILES string of the molecule is C/C(CCc1ccccc1)=N/NC(=O)CSCc1ccccc1Br. The number of amides is 1. The van der Waals surface area contributed by atoms with E-state index >= 15 is 0 Å². The van der Waals surface area contributed by atoms with E-state index in [1.165, 1.54) is 11.1 Å². The zero-order chi connectivity index (χ0) is 17.2. The summed E-state index contributed by atoms with van der Waals surface area (Å²) in [6, 6.07) is 18.3. The standard InChI is InChI=1S/C19H21BrN2OS/c1-15(11-12-16-7-3-2-4-8-16)21-22-19(23)14-24-13-17-9-5-6-10-18(17)20/h2-10H,11-14H2,1H3,(H,22,23)/b21-15-. The lowest BCUT2D eigenvalue weighted by Crippen LogP contribution is -2.21. The van der Waals surface area contributed by atoms with E-state index in [2.05, 4.69) is 44.7 Å². The van der Waals surface area contributed by atoms with Crippen LogP contribution in [0.3, 0.4) is 0 Å². The Hall–Kier alpha value is -1.59. The number of nitrogens with zero attached hydrogens (tertiary/aromatic N) is 1. The number of carbonyl (C=O) groups is 1. The van der Waals surface area contributed by atoms with Crippen LogP contribution < -0.4 is 5.43 Å². The molecule has 0 spiro atoms. The van der Waals surface area contributed by atoms with Crippen molar-refractivity contribution < 1.29 is 4.79 Å². The van der Waals surface area contributed by atoms with Gasteiger partial charge in [-0.15, -0.1) is 11.8 Å². The van der Waals surface area contributed by atoms with Gasteiger partial charge < -0.3 is 0 Å². The van der Waals surface area contributed by atoms with E-state index < -0.39 is 0 Å². The first-order valence-electron chi connectivity index (χ1n) is 7.82. The molecule has 0 radical (unpaired) electrons. The molecule has 1 N–H and O–H groups in total. The first-order chi connectivity index (χ1) is 11.6. The Morgan fingerprint density at radius 3 is 2.58 bits per heavy atom. The molecule has 0 aliphatic heterocycles. The van der Waals surface area contributed by atoms with Crippen molar-refractivity contribution >= 4 is 39.3 Å². The Balaban J connectivity index is 1.67. The second-order valence-electron chi connectivity index (χ2n) is 5.45. The molecule has 0 aliphatic rings. The van der Waals surface area contributed by atoms with Crippen LogP contribution in [0.5, 0.6) is 0 Å². The van der Waals surface area contributed by atoms with E-state index in [4.69, 9.17) is 0 Å². The topological polar surface area (TPSA) is 41.5 Å². The van der Waals surface area contributed by atoms with Crippen LogP contribution in [-0.4, -0.2) is 17.4 Å². The molecule has 2 rings (SSSR count). The van der Waals surface area contributed by atoms with Gasteiger partial charge in [-0.2, -0.15) is 5.10 Å². The number of hydrazone groups is 1. The van der Waals surface area contributed by atoms with Crippen molar-refractivity contribution in [1.29, 1.82) is 0 Å². The molecule has 126 valence electrons. The van der Waals surface area contributed by atoms with E-state index in [1.807, 2.05) is 43.3 Å². The number of hydrogen-bond acceptors (Lipinski definition) is 3. The molecule has 0 aromatic heterocycles. The Morgan fingerprint density at radius 2 is 1.83 bits per heavy atom. The van der Waals surface area contributed by atoms with Gasteiger partial charge in [-0.25, -0.2) is 5.43 Å². The molecule has 2 aromatic carbocycles. The minimum absolute atomic E-state index is 0.0638. The summed E-state index contributed by atoms with van der Waals surface area (Å²) >= 11 is 5.09. The number of rotatable bonds is 8. The van der Waals surface area contributed by atoms with Crippen molar-refractivity contribution in [3.05, 3.63) is 70.2 Å². The van der Waals surface area contributed by atoms with Crippen LogP contribution in [0.1, 0.15) is 24.5 Å². The second kappa shape index (κ2) is 10.3. The van der Waals surface area contributed by atoms with Gasteiger partial charge >= 0.3 is 0 Å². The van der Waals surface area contributed by atoms with E-state index in [0.717, 1.165) is 28.8 Å². The second-order valence-corrected chi connectivity index (χ2v) is 7.29. The molecular formula is C19H21BrN2OS. The van der Waals surface area contributed by atoms with Crippen LogP contribution in [0.25, 0.3) is 0 Å². The molecule has 24 heavy (non-hydrogen) atoms. The maximum atomic E-state index is 11.8. The fourth-order valence-corrected chi connectivity index (χ4v) is 3.52. The van der Waals surface area contributed by atoms with Crippen molar-refractivity contribution in [1.82, 2.24) is 5.43 Å². The fraction of sp³-hybridized carbons (Fsp3) is 0.263. The molecule has 0 saturated carbocycles. The summed E-state index contributed by atoms with van der Waals surface area (Å²) in [4.78, 5) is 11.8. The van der Waals surface area contributed by atoms with Gasteiger partial charge in [0.15, 0.2) is 0 Å². The molecule has 1 amide bonds. The summed E-state index contributed by atoms with van der Waals surface area (Å²) in [5, 5.41) is 4.18. The Kier molecular flexibility index (Phi) is 8.05. The molecule has 0 saturated heterocycles. The third-order valence-electron chi connectivity index (χ3n) is 3.44. The smallest absolute Gasteiger partial charge is 0.250 e. The van der Waals surface area contributed by atoms with Gasteiger partial charge in [-0.1, -0.05) is 64.5 Å². The lowest BCUT2D eigenvalue weighted by Gasteiger charge is -2.05. The third kappa shape index (κ3) is 6.89. The van der Waals surface area contributed by atoms with Crippen molar-refractivity contribution in [2.24, 2.45) is 5.10 Å². The highest BCUT2D eigenvalue weighted by molar-refractivity contribution is 9.10. The molecule has 0 bridgehead atoms. The summed E-state index contributed by atoms with van der Waals surface area (Å²) in [5.41, 5.74) is 6.04. The Bertz CT molecular complexity index is 689. The molecule has 5 heteroatoms. The first kappa shape index (κ1) is 18.7. The van der Waals surface area contributed by atoms with E-state index in [0.29, 0.717) is 5.75 Å². The molecule has 0 atom stereocenters. The van der Waals surface area contributed by atoms with Crippen LogP contribution in [0.4, 0.5) is 0 Å². The number of nitrogens with one attached hydrogen (secondary N) is 1. The third-order valence-corrected chi connectivity index (χ3v) is 5.19. The summed E-state index contributed by atoms with van der Waals surface area (Å²) in [6.07, 6.45) is 1.78. The normalized spacial score (nSPS) is 11.3. The van der Waals surface area contributed by atoms with Gasteiger partial charge in [0.2, 0.25) is 5.91 Å². The maximum Gasteiger partial charge on any atom is 0.250 e. The van der Waals surface area contributed by atoms with Gasteiger partial charge in [0, 0.05) is 15.9 Å². The van der Waals surface area contributed by atoms with Crippen LogP contribution in [0, 0.1) is 0 Å². The Labute approximate surface area is 156 Å². The predicted molar refractivity (Wildman–Crippen MR) is 106 cm³/mol. The summed E-state index contributed by atoms with van der Waals surface area (Å²) in [5.74, 6) is 1.13. The van der Waals surface area contributed by atoms with Gasteiger partial charge in [-0.05, 0) is 37.0 Å². The highest BCUT2D eigenvalue weighted by atomic mass is 79.9. The van der Waals surface area contributed by atoms with Gasteiger partial charge in [0.25, 0.3) is 0 Å². The molecule has 2 aromatic rings. The van der Waals surface area contributed by atoms with E-state index in [-0.39, 0.29) is 5.91 Å². The fourth-order valence-electron chi connectivity index (χ4n) is 2.09. The predicted octanol–water partition coefficient (Wildman–Crippen LogP) is 4.81. The molecular weight excluding hydrogens is 384 g/mol. The average molecular weight is 405 g/mol. The largest absolute Gasteiger partial charge is 0.272 e. The number of halogens is 1. The molecule has 3 nitrogen and oxygen atoms in total. The van der Waals surface area contributed by atoms with Crippen LogP contribution in [0.15, 0.2) is 64.2 Å². The monoisotopic (exact) mass is 404 g/mol. The van der Waals surface area contributed by atoms with Crippen LogP contribution in [0.2, 0.25) is 0 Å². The Morgan fingerprint density at radius 1 is 1.12 bits per heavy atom. The van der Waals surface area contributed by atoms with Gasteiger partial charge in [-0.3, -0.25) is 4.79 Å². The van der Waals surface area contributed by atoms with Gasteiger partial charge in [0.1, 0.15) is 0 Å². The van der Waals surface area contributed by atoms with Crippen molar-refractivity contribution in [2.75, 3.05) is 5.75 Å². The van der Waals surface area contributed by atoms with Crippen molar-refractivity contribution in [3.63, 3.8) is 0 Å². The molecule has 0 heterocycles. The number of hydrogen-bond donors (Lipinski definition) is 1. The molecule has 0 aliphatic carbocycles. The summed E-state index contributed by atoms with van der Waals surface area (Å²) < 4.78 is 1.08. The number of carbonyl (C=O) groups excluding carboxylic acids is 1. The minimum atomic E-state index is -0.0638. The van der Waals surface area contributed by atoms with Crippen molar-refractivity contribution in [2.45, 2.75) is 25.5 Å². The summed E-state index contributed by atoms with van der Waals surface area (Å²) in [6.45, 7) is 1.94. The quantitative estimate of drug-likeness (QED) is 0.506. The highest BCUT2D eigenvalue weighted by Gasteiger charge is 2.03. The maximum absolute atomic E-state index is 11.8. The molecule has 0 unspecified atom stereocenters.